The number of carbonyl (C=O) groups excluding carboxylic acids is 1. The van der Waals surface area contributed by atoms with Crippen LogP contribution < -0.4 is 36.4 Å². The Morgan fingerprint density at radius 1 is 0.579 bits per heavy atom. The normalized spacial score (nSPS) is 11.7. The van der Waals surface area contributed by atoms with Gasteiger partial charge in [0.15, 0.2) is 40.2 Å². The van der Waals surface area contributed by atoms with Crippen molar-refractivity contribution in [2.24, 2.45) is 0 Å². The van der Waals surface area contributed by atoms with E-state index < -0.39 is 20.0 Å². The van der Waals surface area contributed by atoms with E-state index in [0.717, 1.165) is 57.9 Å². The number of carbonyl (C=O) groups is 1. The largest absolute Gasteiger partial charge is 0.463 e. The molecule has 95 heavy (non-hydrogen) atoms. The number of hydrogen-bond acceptors (Lipinski definition) is 18. The van der Waals surface area contributed by atoms with Gasteiger partial charge in [-0.2, -0.15) is 0 Å². The van der Waals surface area contributed by atoms with Crippen LogP contribution in [0.25, 0.3) is 50.9 Å². The summed E-state index contributed by atoms with van der Waals surface area (Å²) in [6.45, 7) is 7.17. The highest BCUT2D eigenvalue weighted by atomic mass is 32.2. The highest BCUT2D eigenvalue weighted by molar-refractivity contribution is 7.93. The van der Waals surface area contributed by atoms with Crippen LogP contribution in [0.15, 0.2) is 234 Å². The number of aliphatic hydroxyl groups excluding tert-OH is 1. The summed E-state index contributed by atoms with van der Waals surface area (Å²) in [5.74, 6) is 2.28. The Hall–Kier alpha value is -11.5. The minimum absolute atomic E-state index is 0.0464. The summed E-state index contributed by atoms with van der Waals surface area (Å²) in [4.78, 5) is 42.3. The van der Waals surface area contributed by atoms with Crippen LogP contribution in [0, 0.1) is 13.8 Å². The molecule has 0 aliphatic carbocycles. The average Bonchev–Trinajstić information content (AvgIpc) is 2.97. The fourth-order valence-electron chi connectivity index (χ4n) is 9.74. The van der Waals surface area contributed by atoms with E-state index in [1.165, 1.54) is 0 Å². The van der Waals surface area contributed by atoms with Gasteiger partial charge in [0.1, 0.15) is 5.69 Å². The molecule has 0 radical (unpaired) electrons. The summed E-state index contributed by atoms with van der Waals surface area (Å²) in [6.07, 6.45) is 18.7. The molecule has 24 nitrogen and oxygen atoms in total. The van der Waals surface area contributed by atoms with Crippen LogP contribution in [0.5, 0.6) is 0 Å². The number of anilines is 8. The molecule has 13 aromatic rings. The van der Waals surface area contributed by atoms with Crippen LogP contribution in [-0.4, -0.2) is 116 Å². The lowest BCUT2D eigenvalue weighted by molar-refractivity contribution is 0.0951. The van der Waals surface area contributed by atoms with Crippen molar-refractivity contribution < 1.29 is 31.2 Å². The summed E-state index contributed by atoms with van der Waals surface area (Å²) in [7, 11) is -3.46. The Balaban J connectivity index is 0.000000153. The van der Waals surface area contributed by atoms with Gasteiger partial charge in [0.05, 0.1) is 40.1 Å². The zero-order valence-electron chi connectivity index (χ0n) is 52.5. The van der Waals surface area contributed by atoms with Gasteiger partial charge in [-0.05, 0) is 144 Å². The molecule has 0 bridgehead atoms. The van der Waals surface area contributed by atoms with Crippen LogP contribution >= 0.6 is 0 Å². The third-order valence-electron chi connectivity index (χ3n) is 14.9. The molecular formula is C69H69N17O7S2. The maximum Gasteiger partial charge on any atom is 0.261 e. The topological polar surface area (TPSA) is 311 Å². The van der Waals surface area contributed by atoms with Gasteiger partial charge >= 0.3 is 0 Å². The highest BCUT2D eigenvalue weighted by Gasteiger charge is 2.19. The lowest BCUT2D eigenvalue weighted by atomic mass is 10.1. The third-order valence-corrected chi connectivity index (χ3v) is 17.7. The van der Waals surface area contributed by atoms with Crippen molar-refractivity contribution in [1.82, 2.24) is 53.3 Å². The highest BCUT2D eigenvalue weighted by Crippen LogP contribution is 2.30. The lowest BCUT2D eigenvalue weighted by Gasteiger charge is -2.15. The Bertz CT molecular complexity index is 5000. The number of fused-ring (bicyclic) bond motifs is 3. The molecule has 13 rings (SSSR count). The fourth-order valence-corrected chi connectivity index (χ4v) is 11.9. The van der Waals surface area contributed by atoms with E-state index >= 15 is 0 Å². The Kier molecular flexibility index (Phi) is 19.9. The molecule has 6 aromatic carbocycles. The van der Waals surface area contributed by atoms with Gasteiger partial charge in [-0.25, -0.2) is 46.7 Å². The molecule has 7 aromatic heterocycles. The standard InChI is InChI=1S/C30H31N7O3S.C25H22N6O2S.C14H16N4O2/c1-21-7-13-26(14-8-21)41(39,40)35-25-11-9-24(10-12-25)33-28-29-31-16-18-37(29)20-27(34-28)22-5-4-6-23(19-22)30(38)32-15-17-36(2)3;1-17-5-11-22(12-6-17)34(32,33)30-21-9-7-20(8-10-21)28-24-25-27-13-14-31(25)16-23(29-24)18-3-2-4-19(26)15-18;1-2-10(9-19)16-13-14-15-5-6-18(14)8-11(17-13)12-4-3-7-20-12/h4-14,16,18-20,35H,15,17H2,1-3H3,(H,32,38)(H,33,34);2-16,30H,26H2,1H3,(H,28,29);3-8,10,19H,2,9H2,1H3,(H,16,17). The molecule has 26 heteroatoms. The van der Waals surface area contributed by atoms with Gasteiger partial charge in [0.2, 0.25) is 0 Å². The number of nitrogens with zero attached hydrogens (tertiary/aromatic N) is 10. The van der Waals surface area contributed by atoms with Crippen molar-refractivity contribution in [3.8, 4) is 34.0 Å². The van der Waals surface area contributed by atoms with E-state index in [2.05, 4.69) is 50.6 Å². The van der Waals surface area contributed by atoms with Crippen LogP contribution in [0.1, 0.15) is 34.8 Å². The van der Waals surface area contributed by atoms with E-state index in [0.29, 0.717) is 75.1 Å². The number of nitrogen functional groups attached to an aromatic ring is 1. The van der Waals surface area contributed by atoms with E-state index in [1.807, 2.05) is 145 Å². The van der Waals surface area contributed by atoms with E-state index in [-0.39, 0.29) is 28.3 Å². The summed E-state index contributed by atoms with van der Waals surface area (Å²) in [5, 5.41) is 22.1. The van der Waals surface area contributed by atoms with Crippen LogP contribution in [0.2, 0.25) is 0 Å². The quantitative estimate of drug-likeness (QED) is 0.0310. The maximum atomic E-state index is 12.7. The number of aliphatic hydroxyl groups is 1. The van der Waals surface area contributed by atoms with Crippen molar-refractivity contribution in [1.29, 1.82) is 0 Å². The number of benzene rings is 6. The van der Waals surface area contributed by atoms with Crippen LogP contribution in [0.4, 0.5) is 45.9 Å². The molecule has 0 aliphatic rings. The second-order valence-electron chi connectivity index (χ2n) is 22.3. The first kappa shape index (κ1) is 65.1. The molecule has 0 fully saturated rings. The number of aryl methyl sites for hydroxylation is 2. The fraction of sp³-hybridized carbons (Fsp3) is 0.145. The van der Waals surface area contributed by atoms with Crippen molar-refractivity contribution in [2.45, 2.75) is 43.0 Å². The van der Waals surface area contributed by atoms with Crippen molar-refractivity contribution in [3.63, 3.8) is 0 Å². The predicted molar refractivity (Wildman–Crippen MR) is 371 cm³/mol. The van der Waals surface area contributed by atoms with Crippen LogP contribution in [-0.2, 0) is 20.0 Å². The number of nitrogens with one attached hydrogen (secondary N) is 6. The molecule has 7 heterocycles. The summed E-state index contributed by atoms with van der Waals surface area (Å²) in [6, 6.07) is 45.7. The SMILES string of the molecule is CCC(CO)Nc1nc(-c2ccco2)cn2ccnc12.Cc1ccc(S(=O)(=O)Nc2ccc(Nc3nc(-c4cccc(C(=O)NCCN(C)C)c4)cn4ccnc34)cc2)cc1.Cc1ccc(S(=O)(=O)Nc2ccc(Nc3nc(-c4cccc(N)c4)cn4ccnc34)cc2)cc1. The Labute approximate surface area is 548 Å². The van der Waals surface area contributed by atoms with E-state index in [4.69, 9.17) is 20.1 Å². The molecule has 1 unspecified atom stereocenters. The lowest BCUT2D eigenvalue weighted by Crippen LogP contribution is -2.31. The van der Waals surface area contributed by atoms with Gasteiger partial charge in [0.25, 0.3) is 26.0 Å². The van der Waals surface area contributed by atoms with Crippen molar-refractivity contribution >= 4 is 88.8 Å². The zero-order valence-corrected chi connectivity index (χ0v) is 54.1. The number of furan rings is 1. The number of rotatable bonds is 21. The second kappa shape index (κ2) is 29.0. The van der Waals surface area contributed by atoms with Crippen molar-refractivity contribution in [2.75, 3.05) is 64.9 Å². The molecule has 0 aliphatic heterocycles. The maximum absolute atomic E-state index is 12.7. The van der Waals surface area contributed by atoms with E-state index in [1.54, 1.807) is 128 Å². The first-order valence-corrected chi connectivity index (χ1v) is 33.1. The number of nitrogens with two attached hydrogens (primary N) is 1. The number of amides is 1. The van der Waals surface area contributed by atoms with E-state index in [9.17, 15) is 26.7 Å². The van der Waals surface area contributed by atoms with Gasteiger partial charge in [-0.15, -0.1) is 0 Å². The number of hydrogen-bond donors (Lipinski definition) is 8. The summed E-state index contributed by atoms with van der Waals surface area (Å²) in [5.41, 5.74) is 17.2. The van der Waals surface area contributed by atoms with Gasteiger partial charge < -0.3 is 54.6 Å². The number of sulfonamides is 2. The van der Waals surface area contributed by atoms with Gasteiger partial charge in [-0.1, -0.05) is 66.6 Å². The first-order valence-electron chi connectivity index (χ1n) is 30.1. The molecular weight excluding hydrogens is 1240 g/mol. The smallest absolute Gasteiger partial charge is 0.261 e. The predicted octanol–water partition coefficient (Wildman–Crippen LogP) is 11.5. The molecule has 0 spiro atoms. The molecule has 9 N–H and O–H groups in total. The van der Waals surface area contributed by atoms with Gasteiger partial charge in [0, 0.05) is 114 Å². The van der Waals surface area contributed by atoms with Crippen molar-refractivity contribution in [3.05, 3.63) is 236 Å². The van der Waals surface area contributed by atoms with Gasteiger partial charge in [-0.3, -0.25) is 14.2 Å². The minimum atomic E-state index is -3.71. The molecule has 484 valence electrons. The summed E-state index contributed by atoms with van der Waals surface area (Å²) < 4.78 is 67.0. The average molecular weight is 1310 g/mol. The van der Waals surface area contributed by atoms with Crippen LogP contribution in [0.3, 0.4) is 0 Å². The Morgan fingerprint density at radius 3 is 1.51 bits per heavy atom. The summed E-state index contributed by atoms with van der Waals surface area (Å²) >= 11 is 0. The second-order valence-corrected chi connectivity index (χ2v) is 25.7. The molecule has 1 amide bonds. The molecule has 0 saturated carbocycles. The third kappa shape index (κ3) is 16.3. The monoisotopic (exact) mass is 1310 g/mol. The molecule has 1 atom stereocenters. The zero-order chi connectivity index (χ0) is 66.6. The number of likely N-dealkylation sites (N-methyl/N-ethyl adjacent to an activating group) is 1. The number of aromatic nitrogens is 9. The first-order chi connectivity index (χ1) is 45.9. The molecule has 0 saturated heterocycles. The number of imidazole rings is 3. The Morgan fingerprint density at radius 2 is 1.04 bits per heavy atom. The minimum Gasteiger partial charge on any atom is -0.463 e.